The summed E-state index contributed by atoms with van der Waals surface area (Å²) in [5.74, 6) is -0.145. The predicted octanol–water partition coefficient (Wildman–Crippen LogP) is 0.717. The minimum absolute atomic E-state index is 0.0498. The highest BCUT2D eigenvalue weighted by Crippen LogP contribution is 2.21. The summed E-state index contributed by atoms with van der Waals surface area (Å²) in [5, 5.41) is 2.74. The van der Waals surface area contributed by atoms with Crippen molar-refractivity contribution < 1.29 is 18.0 Å². The van der Waals surface area contributed by atoms with E-state index >= 15 is 0 Å². The van der Waals surface area contributed by atoms with Gasteiger partial charge in [-0.25, -0.2) is 8.42 Å². The molecular weight excluding hydrogens is 292 g/mol. The number of sulfone groups is 1. The van der Waals surface area contributed by atoms with Crippen LogP contribution in [-0.4, -0.2) is 54.8 Å². The monoisotopic (exact) mass is 318 g/mol. The molecule has 1 aliphatic rings. The molecule has 6 nitrogen and oxygen atoms in total. The van der Waals surface area contributed by atoms with Crippen LogP contribution in [0.1, 0.15) is 47.0 Å². The van der Waals surface area contributed by atoms with Crippen LogP contribution in [0.4, 0.5) is 0 Å². The second-order valence-electron chi connectivity index (χ2n) is 6.01. The topological polar surface area (TPSA) is 83.6 Å². The van der Waals surface area contributed by atoms with Crippen LogP contribution in [0.5, 0.6) is 0 Å². The van der Waals surface area contributed by atoms with E-state index < -0.39 is 21.4 Å². The first-order chi connectivity index (χ1) is 9.64. The highest BCUT2D eigenvalue weighted by Gasteiger charge is 2.44. The normalized spacial score (nSPS) is 22.3. The van der Waals surface area contributed by atoms with Crippen LogP contribution in [0.25, 0.3) is 0 Å². The smallest absolute Gasteiger partial charge is 0.248 e. The Hall–Kier alpha value is -1.11. The molecule has 1 aliphatic heterocycles. The zero-order chi connectivity index (χ0) is 16.3. The molecule has 122 valence electrons. The van der Waals surface area contributed by atoms with Crippen molar-refractivity contribution in [3.8, 4) is 0 Å². The highest BCUT2D eigenvalue weighted by molar-refractivity contribution is 7.91. The third-order valence-corrected chi connectivity index (χ3v) is 5.56. The first kappa shape index (κ1) is 17.9. The Morgan fingerprint density at radius 3 is 2.38 bits per heavy atom. The summed E-state index contributed by atoms with van der Waals surface area (Å²) < 4.78 is 23.1. The molecule has 0 bridgehead atoms. The fourth-order valence-corrected chi connectivity index (χ4v) is 3.36. The van der Waals surface area contributed by atoms with Crippen LogP contribution in [0.3, 0.4) is 0 Å². The number of rotatable bonds is 7. The maximum atomic E-state index is 12.5. The molecule has 7 heteroatoms. The van der Waals surface area contributed by atoms with Crippen LogP contribution >= 0.6 is 0 Å². The fourth-order valence-electron chi connectivity index (χ4n) is 2.50. The third kappa shape index (κ3) is 4.43. The van der Waals surface area contributed by atoms with Gasteiger partial charge in [-0.1, -0.05) is 20.3 Å². The Kier molecular flexibility index (Phi) is 5.78. The number of hydrogen-bond acceptors (Lipinski definition) is 4. The van der Waals surface area contributed by atoms with Crippen molar-refractivity contribution in [1.29, 1.82) is 0 Å². The summed E-state index contributed by atoms with van der Waals surface area (Å²) in [5.41, 5.74) is -0.926. The summed E-state index contributed by atoms with van der Waals surface area (Å²) >= 11 is 0. The highest BCUT2D eigenvalue weighted by atomic mass is 32.2. The molecule has 0 spiro atoms. The third-order valence-electron chi connectivity index (χ3n) is 3.77. The van der Waals surface area contributed by atoms with Crippen molar-refractivity contribution in [3.05, 3.63) is 0 Å². The van der Waals surface area contributed by atoms with Crippen LogP contribution in [0, 0.1) is 0 Å². The van der Waals surface area contributed by atoms with Gasteiger partial charge >= 0.3 is 0 Å². The second kappa shape index (κ2) is 6.77. The van der Waals surface area contributed by atoms with E-state index in [-0.39, 0.29) is 23.3 Å². The molecule has 0 saturated carbocycles. The van der Waals surface area contributed by atoms with E-state index in [0.717, 1.165) is 6.42 Å². The molecule has 0 aromatic heterocycles. The standard InChI is InChI=1S/C14H26N2O4S/c1-5-8-11-12(17)15-14(3,4)13(18)16(11)9-7-10-21(19,20)6-2/h11H,5-10H2,1-4H3,(H,15,17). The molecule has 2 amide bonds. The molecule has 0 aromatic rings. The summed E-state index contributed by atoms with van der Waals surface area (Å²) in [7, 11) is -3.05. The maximum Gasteiger partial charge on any atom is 0.248 e. The fraction of sp³-hybridized carbons (Fsp3) is 0.857. The Morgan fingerprint density at radius 1 is 1.24 bits per heavy atom. The number of amides is 2. The Bertz CT molecular complexity index is 499. The number of nitrogens with zero attached hydrogens (tertiary/aromatic N) is 1. The van der Waals surface area contributed by atoms with Gasteiger partial charge in [0.1, 0.15) is 21.4 Å². The van der Waals surface area contributed by atoms with Crippen molar-refractivity contribution in [3.63, 3.8) is 0 Å². The Morgan fingerprint density at radius 2 is 1.86 bits per heavy atom. The Balaban J connectivity index is 2.81. The second-order valence-corrected chi connectivity index (χ2v) is 8.48. The Labute approximate surface area is 127 Å². The zero-order valence-electron chi connectivity index (χ0n) is 13.3. The molecule has 1 N–H and O–H groups in total. The van der Waals surface area contributed by atoms with Gasteiger partial charge in [0.15, 0.2) is 0 Å². The average Bonchev–Trinajstić information content (AvgIpc) is 2.39. The lowest BCUT2D eigenvalue weighted by molar-refractivity contribution is -0.153. The summed E-state index contributed by atoms with van der Waals surface area (Å²) in [6, 6.07) is -0.486. The molecule has 1 heterocycles. The van der Waals surface area contributed by atoms with Gasteiger partial charge < -0.3 is 10.2 Å². The lowest BCUT2D eigenvalue weighted by Crippen LogP contribution is -2.68. The minimum Gasteiger partial charge on any atom is -0.340 e. The van der Waals surface area contributed by atoms with Gasteiger partial charge in [0, 0.05) is 12.3 Å². The quantitative estimate of drug-likeness (QED) is 0.749. The van der Waals surface area contributed by atoms with Crippen LogP contribution < -0.4 is 5.32 Å². The van der Waals surface area contributed by atoms with Gasteiger partial charge in [-0.3, -0.25) is 9.59 Å². The van der Waals surface area contributed by atoms with E-state index in [0.29, 0.717) is 19.4 Å². The van der Waals surface area contributed by atoms with Crippen LogP contribution in [-0.2, 0) is 19.4 Å². The van der Waals surface area contributed by atoms with Gasteiger partial charge in [-0.05, 0) is 26.7 Å². The first-order valence-corrected chi connectivity index (χ1v) is 9.30. The first-order valence-electron chi connectivity index (χ1n) is 7.48. The van der Waals surface area contributed by atoms with Gasteiger partial charge in [-0.15, -0.1) is 0 Å². The lowest BCUT2D eigenvalue weighted by atomic mass is 9.95. The number of hydrogen-bond donors (Lipinski definition) is 1. The molecule has 21 heavy (non-hydrogen) atoms. The minimum atomic E-state index is -3.05. The molecule has 1 atom stereocenters. The molecule has 1 unspecified atom stereocenters. The van der Waals surface area contributed by atoms with Crippen LogP contribution in [0.2, 0.25) is 0 Å². The maximum absolute atomic E-state index is 12.5. The molecule has 1 rings (SSSR count). The molecule has 0 aromatic carbocycles. The SMILES string of the molecule is CCCC1C(=O)NC(C)(C)C(=O)N1CCCS(=O)(=O)CC. The van der Waals surface area contributed by atoms with Gasteiger partial charge in [0.2, 0.25) is 11.8 Å². The number of carbonyl (C=O) groups excluding carboxylic acids is 2. The number of carbonyl (C=O) groups is 2. The number of nitrogens with one attached hydrogen (secondary N) is 1. The average molecular weight is 318 g/mol. The molecule has 0 aliphatic carbocycles. The van der Waals surface area contributed by atoms with Crippen LogP contribution in [0.15, 0.2) is 0 Å². The summed E-state index contributed by atoms with van der Waals surface area (Å²) in [4.78, 5) is 26.2. The van der Waals surface area contributed by atoms with Gasteiger partial charge in [0.05, 0.1) is 5.75 Å². The van der Waals surface area contributed by atoms with Crippen molar-refractivity contribution in [2.45, 2.75) is 58.5 Å². The van der Waals surface area contributed by atoms with E-state index in [1.54, 1.807) is 25.7 Å². The van der Waals surface area contributed by atoms with Crippen molar-refractivity contribution in [1.82, 2.24) is 10.2 Å². The number of piperazine rings is 1. The lowest BCUT2D eigenvalue weighted by Gasteiger charge is -2.43. The summed E-state index contributed by atoms with van der Waals surface area (Å²) in [6.07, 6.45) is 1.75. The molecular formula is C14H26N2O4S. The van der Waals surface area contributed by atoms with Crippen molar-refractivity contribution in [2.24, 2.45) is 0 Å². The summed E-state index contributed by atoms with van der Waals surface area (Å²) in [6.45, 7) is 7.21. The van der Waals surface area contributed by atoms with E-state index in [2.05, 4.69) is 5.32 Å². The molecule has 1 fully saturated rings. The van der Waals surface area contributed by atoms with Gasteiger partial charge in [0.25, 0.3) is 0 Å². The van der Waals surface area contributed by atoms with E-state index in [4.69, 9.17) is 0 Å². The van der Waals surface area contributed by atoms with Gasteiger partial charge in [-0.2, -0.15) is 0 Å². The van der Waals surface area contributed by atoms with Crippen molar-refractivity contribution >= 4 is 21.7 Å². The van der Waals surface area contributed by atoms with E-state index in [9.17, 15) is 18.0 Å². The van der Waals surface area contributed by atoms with E-state index in [1.165, 1.54) is 0 Å². The van der Waals surface area contributed by atoms with Crippen molar-refractivity contribution in [2.75, 3.05) is 18.1 Å². The van der Waals surface area contributed by atoms with E-state index in [1.807, 2.05) is 6.92 Å². The largest absolute Gasteiger partial charge is 0.340 e. The molecule has 0 radical (unpaired) electrons. The predicted molar refractivity (Wildman–Crippen MR) is 81.6 cm³/mol. The molecule has 1 saturated heterocycles. The zero-order valence-corrected chi connectivity index (χ0v) is 14.1.